The first-order valence-electron chi connectivity index (χ1n) is 5.82. The number of benzene rings is 2. The molecule has 0 saturated carbocycles. The summed E-state index contributed by atoms with van der Waals surface area (Å²) in [6.45, 7) is 0. The van der Waals surface area contributed by atoms with Gasteiger partial charge in [0, 0.05) is 16.2 Å². The number of rotatable bonds is 3. The normalized spacial score (nSPS) is 10.8. The molecule has 0 atom stereocenters. The largest absolute Gasteiger partial charge is 0.497 e. The Morgan fingerprint density at radius 2 is 2.10 bits per heavy atom. The van der Waals surface area contributed by atoms with Crippen LogP contribution in [0.1, 0.15) is 0 Å². The van der Waals surface area contributed by atoms with Crippen molar-refractivity contribution in [1.82, 2.24) is 4.98 Å². The zero-order valence-corrected chi connectivity index (χ0v) is 12.9. The molecule has 1 heterocycles. The first-order valence-corrected chi connectivity index (χ1v) is 7.43. The van der Waals surface area contributed by atoms with E-state index >= 15 is 0 Å². The third kappa shape index (κ3) is 2.76. The molecular formula is C14H10BrFN2OS. The third-order valence-corrected chi connectivity index (χ3v) is 4.10. The van der Waals surface area contributed by atoms with E-state index < -0.39 is 0 Å². The van der Waals surface area contributed by atoms with Gasteiger partial charge < -0.3 is 10.1 Å². The Morgan fingerprint density at radius 3 is 2.90 bits per heavy atom. The lowest BCUT2D eigenvalue weighted by molar-refractivity contribution is 0.415. The van der Waals surface area contributed by atoms with Crippen LogP contribution in [0.4, 0.5) is 15.2 Å². The van der Waals surface area contributed by atoms with Crippen molar-refractivity contribution >= 4 is 48.3 Å². The topological polar surface area (TPSA) is 34.1 Å². The van der Waals surface area contributed by atoms with E-state index in [1.165, 1.54) is 23.5 Å². The molecule has 3 aromatic rings. The Bertz CT molecular complexity index is 775. The van der Waals surface area contributed by atoms with Crippen molar-refractivity contribution in [2.75, 3.05) is 12.4 Å². The molecule has 0 aliphatic rings. The Balaban J connectivity index is 1.94. The van der Waals surface area contributed by atoms with E-state index in [0.29, 0.717) is 5.13 Å². The van der Waals surface area contributed by atoms with Crippen molar-refractivity contribution in [3.05, 3.63) is 46.7 Å². The lowest BCUT2D eigenvalue weighted by Crippen LogP contribution is -1.91. The van der Waals surface area contributed by atoms with Crippen LogP contribution in [-0.2, 0) is 0 Å². The maximum absolute atomic E-state index is 13.2. The van der Waals surface area contributed by atoms with E-state index in [-0.39, 0.29) is 5.82 Å². The number of thiazole rings is 1. The Labute approximate surface area is 127 Å². The highest BCUT2D eigenvalue weighted by atomic mass is 79.9. The minimum absolute atomic E-state index is 0.253. The van der Waals surface area contributed by atoms with Crippen molar-refractivity contribution in [3.8, 4) is 5.75 Å². The predicted molar refractivity (Wildman–Crippen MR) is 83.6 cm³/mol. The van der Waals surface area contributed by atoms with Crippen LogP contribution < -0.4 is 10.1 Å². The van der Waals surface area contributed by atoms with Crippen molar-refractivity contribution in [2.24, 2.45) is 0 Å². The van der Waals surface area contributed by atoms with E-state index in [9.17, 15) is 4.39 Å². The number of nitrogens with one attached hydrogen (secondary N) is 1. The maximum atomic E-state index is 13.2. The van der Waals surface area contributed by atoms with Crippen LogP contribution in [0.2, 0.25) is 0 Å². The number of hydrogen-bond donors (Lipinski definition) is 1. The van der Waals surface area contributed by atoms with Crippen LogP contribution in [0.15, 0.2) is 40.9 Å². The smallest absolute Gasteiger partial charge is 0.188 e. The summed E-state index contributed by atoms with van der Waals surface area (Å²) in [4.78, 5) is 4.42. The van der Waals surface area contributed by atoms with Crippen LogP contribution in [0.5, 0.6) is 5.75 Å². The van der Waals surface area contributed by atoms with Gasteiger partial charge in [-0.1, -0.05) is 27.3 Å². The molecule has 0 unspecified atom stereocenters. The van der Waals surface area contributed by atoms with Crippen molar-refractivity contribution < 1.29 is 9.13 Å². The summed E-state index contributed by atoms with van der Waals surface area (Å²) in [5.41, 5.74) is 1.64. The van der Waals surface area contributed by atoms with Gasteiger partial charge in [0.2, 0.25) is 0 Å². The zero-order chi connectivity index (χ0) is 14.1. The van der Waals surface area contributed by atoms with Crippen LogP contribution in [-0.4, -0.2) is 12.1 Å². The maximum Gasteiger partial charge on any atom is 0.188 e. The molecule has 3 rings (SSSR count). The van der Waals surface area contributed by atoms with E-state index in [1.54, 1.807) is 13.2 Å². The molecule has 1 aromatic heterocycles. The fourth-order valence-corrected chi connectivity index (χ4v) is 3.21. The standard InChI is InChI=1S/C14H10BrFN2OS/c1-19-11-5-8(15)4-10(7-11)17-14-18-12-3-2-9(16)6-13(12)20-14/h2-7H,1H3,(H,17,18). The second-order valence-electron chi connectivity index (χ2n) is 4.14. The molecule has 20 heavy (non-hydrogen) atoms. The van der Waals surface area contributed by atoms with E-state index in [0.717, 1.165) is 26.1 Å². The van der Waals surface area contributed by atoms with Gasteiger partial charge in [-0.15, -0.1) is 0 Å². The van der Waals surface area contributed by atoms with Crippen LogP contribution in [0.25, 0.3) is 10.2 Å². The summed E-state index contributed by atoms with van der Waals surface area (Å²) in [6, 6.07) is 10.2. The second-order valence-corrected chi connectivity index (χ2v) is 6.08. The zero-order valence-electron chi connectivity index (χ0n) is 10.5. The molecule has 0 fully saturated rings. The molecule has 2 aromatic carbocycles. The third-order valence-electron chi connectivity index (χ3n) is 2.71. The lowest BCUT2D eigenvalue weighted by atomic mass is 10.3. The molecule has 6 heteroatoms. The quantitative estimate of drug-likeness (QED) is 0.723. The van der Waals surface area contributed by atoms with Crippen molar-refractivity contribution in [1.29, 1.82) is 0 Å². The number of methoxy groups -OCH3 is 1. The predicted octanol–water partition coefficient (Wildman–Crippen LogP) is 4.95. The molecule has 0 aliphatic carbocycles. The summed E-state index contributed by atoms with van der Waals surface area (Å²) in [5.74, 6) is 0.492. The van der Waals surface area contributed by atoms with Gasteiger partial charge in [0.1, 0.15) is 11.6 Å². The number of halogens is 2. The average Bonchev–Trinajstić information content (AvgIpc) is 2.79. The van der Waals surface area contributed by atoms with Crippen molar-refractivity contribution in [3.63, 3.8) is 0 Å². The highest BCUT2D eigenvalue weighted by molar-refractivity contribution is 9.10. The van der Waals surface area contributed by atoms with Gasteiger partial charge in [-0.05, 0) is 30.3 Å². The SMILES string of the molecule is COc1cc(Br)cc(Nc2nc3ccc(F)cc3s2)c1. The first kappa shape index (κ1) is 13.3. The first-order chi connectivity index (χ1) is 9.64. The fourth-order valence-electron chi connectivity index (χ4n) is 1.83. The molecule has 0 bridgehead atoms. The van der Waals surface area contributed by atoms with Gasteiger partial charge in [0.05, 0.1) is 17.3 Å². The number of nitrogens with zero attached hydrogens (tertiary/aromatic N) is 1. The van der Waals surface area contributed by atoms with Gasteiger partial charge in [0.15, 0.2) is 5.13 Å². The highest BCUT2D eigenvalue weighted by Crippen LogP contribution is 2.31. The van der Waals surface area contributed by atoms with E-state index in [2.05, 4.69) is 26.2 Å². The molecule has 0 spiro atoms. The fraction of sp³-hybridized carbons (Fsp3) is 0.0714. The lowest BCUT2D eigenvalue weighted by Gasteiger charge is -2.06. The molecule has 102 valence electrons. The van der Waals surface area contributed by atoms with Gasteiger partial charge in [-0.3, -0.25) is 0 Å². The summed E-state index contributed by atoms with van der Waals surface area (Å²) < 4.78 is 20.1. The summed E-state index contributed by atoms with van der Waals surface area (Å²) in [7, 11) is 1.62. The van der Waals surface area contributed by atoms with E-state index in [1.807, 2.05) is 18.2 Å². The molecule has 3 nitrogen and oxygen atoms in total. The Kier molecular flexibility index (Phi) is 3.58. The number of hydrogen-bond acceptors (Lipinski definition) is 4. The van der Waals surface area contributed by atoms with Crippen LogP contribution in [0.3, 0.4) is 0 Å². The molecule has 1 N–H and O–H groups in total. The van der Waals surface area contributed by atoms with Gasteiger partial charge in [-0.25, -0.2) is 9.37 Å². The minimum Gasteiger partial charge on any atom is -0.497 e. The second kappa shape index (κ2) is 5.38. The number of aromatic nitrogens is 1. The molecule has 0 amide bonds. The molecule has 0 aliphatic heterocycles. The molecular weight excluding hydrogens is 343 g/mol. The Hall–Kier alpha value is -1.66. The van der Waals surface area contributed by atoms with Gasteiger partial charge >= 0.3 is 0 Å². The van der Waals surface area contributed by atoms with Gasteiger partial charge in [0.25, 0.3) is 0 Å². The van der Waals surface area contributed by atoms with Crippen LogP contribution in [0, 0.1) is 5.82 Å². The van der Waals surface area contributed by atoms with Gasteiger partial charge in [-0.2, -0.15) is 0 Å². The van der Waals surface area contributed by atoms with Crippen molar-refractivity contribution in [2.45, 2.75) is 0 Å². The highest BCUT2D eigenvalue weighted by Gasteiger charge is 2.06. The number of anilines is 2. The summed E-state index contributed by atoms with van der Waals surface area (Å²) >= 11 is 4.83. The molecule has 0 saturated heterocycles. The number of ether oxygens (including phenoxy) is 1. The average molecular weight is 353 g/mol. The minimum atomic E-state index is -0.253. The van der Waals surface area contributed by atoms with Crippen LogP contribution >= 0.6 is 27.3 Å². The Morgan fingerprint density at radius 1 is 1.25 bits per heavy atom. The summed E-state index contributed by atoms with van der Waals surface area (Å²) in [5, 5.41) is 3.92. The number of fused-ring (bicyclic) bond motifs is 1. The van der Waals surface area contributed by atoms with E-state index in [4.69, 9.17) is 4.74 Å². The molecule has 0 radical (unpaired) electrons. The summed E-state index contributed by atoms with van der Waals surface area (Å²) in [6.07, 6.45) is 0. The monoisotopic (exact) mass is 352 g/mol.